The van der Waals surface area contributed by atoms with Crippen LogP contribution in [0.25, 0.3) is 0 Å². The zero-order valence-electron chi connectivity index (χ0n) is 11.2. The van der Waals surface area contributed by atoms with Crippen LogP contribution in [-0.2, 0) is 0 Å². The first-order valence-electron chi connectivity index (χ1n) is 6.61. The highest BCUT2D eigenvalue weighted by atomic mass is 16.3. The number of likely N-dealkylation sites (tertiary alicyclic amines) is 1. The molecular formula is C13H28N2O. The van der Waals surface area contributed by atoms with Crippen molar-refractivity contribution in [3.05, 3.63) is 0 Å². The van der Waals surface area contributed by atoms with E-state index in [9.17, 15) is 5.11 Å². The number of β-amino-alcohol motifs (C(OH)–C–C–N with tert-alkyl or cyclic N) is 1. The maximum Gasteiger partial charge on any atom is 0.0791 e. The van der Waals surface area contributed by atoms with Crippen LogP contribution in [0, 0.1) is 11.8 Å². The molecule has 3 unspecified atom stereocenters. The van der Waals surface area contributed by atoms with Gasteiger partial charge in [-0.2, -0.15) is 0 Å². The van der Waals surface area contributed by atoms with Gasteiger partial charge in [-0.1, -0.05) is 20.8 Å². The molecule has 1 saturated heterocycles. The lowest BCUT2D eigenvalue weighted by Gasteiger charge is -2.24. The van der Waals surface area contributed by atoms with Crippen LogP contribution in [0.4, 0.5) is 0 Å². The van der Waals surface area contributed by atoms with Crippen molar-refractivity contribution in [1.29, 1.82) is 0 Å². The van der Waals surface area contributed by atoms with Gasteiger partial charge in [-0.15, -0.1) is 0 Å². The van der Waals surface area contributed by atoms with Crippen molar-refractivity contribution in [2.24, 2.45) is 11.8 Å². The summed E-state index contributed by atoms with van der Waals surface area (Å²) in [4.78, 5) is 2.41. The summed E-state index contributed by atoms with van der Waals surface area (Å²) < 4.78 is 0. The molecule has 0 aromatic heterocycles. The second kappa shape index (κ2) is 6.58. The molecule has 2 N–H and O–H groups in total. The summed E-state index contributed by atoms with van der Waals surface area (Å²) >= 11 is 0. The SMILES string of the molecule is CC(C)CNCC(O)CN1CC(C)CC1C. The van der Waals surface area contributed by atoms with Crippen molar-refractivity contribution in [2.45, 2.75) is 46.3 Å². The first kappa shape index (κ1) is 13.9. The molecule has 0 bridgehead atoms. The molecule has 0 aliphatic carbocycles. The normalized spacial score (nSPS) is 28.9. The summed E-state index contributed by atoms with van der Waals surface area (Å²) in [6.45, 7) is 12.6. The molecule has 0 amide bonds. The van der Waals surface area contributed by atoms with Crippen LogP contribution in [0.3, 0.4) is 0 Å². The van der Waals surface area contributed by atoms with Crippen molar-refractivity contribution in [3.63, 3.8) is 0 Å². The monoisotopic (exact) mass is 228 g/mol. The van der Waals surface area contributed by atoms with E-state index in [0.717, 1.165) is 32.1 Å². The highest BCUT2D eigenvalue weighted by molar-refractivity contribution is 4.82. The van der Waals surface area contributed by atoms with Crippen molar-refractivity contribution in [1.82, 2.24) is 10.2 Å². The molecule has 1 rings (SSSR count). The van der Waals surface area contributed by atoms with Crippen LogP contribution in [0.2, 0.25) is 0 Å². The summed E-state index contributed by atoms with van der Waals surface area (Å²) in [5, 5.41) is 13.2. The van der Waals surface area contributed by atoms with E-state index in [0.29, 0.717) is 12.0 Å². The molecule has 0 radical (unpaired) electrons. The van der Waals surface area contributed by atoms with Gasteiger partial charge >= 0.3 is 0 Å². The molecule has 1 heterocycles. The standard InChI is InChI=1S/C13H28N2O/c1-10(2)6-14-7-13(16)9-15-8-11(3)5-12(15)4/h10-14,16H,5-9H2,1-4H3. The van der Waals surface area contributed by atoms with Crippen LogP contribution in [0.15, 0.2) is 0 Å². The topological polar surface area (TPSA) is 35.5 Å². The van der Waals surface area contributed by atoms with Gasteiger partial charge in [0.05, 0.1) is 6.10 Å². The highest BCUT2D eigenvalue weighted by Crippen LogP contribution is 2.21. The van der Waals surface area contributed by atoms with E-state index in [1.807, 2.05) is 0 Å². The molecule has 0 spiro atoms. The lowest BCUT2D eigenvalue weighted by atomic mass is 10.1. The quantitative estimate of drug-likeness (QED) is 0.720. The molecule has 3 atom stereocenters. The Bertz CT molecular complexity index is 196. The van der Waals surface area contributed by atoms with Crippen LogP contribution < -0.4 is 5.32 Å². The van der Waals surface area contributed by atoms with E-state index in [-0.39, 0.29) is 6.10 Å². The molecule has 0 aromatic carbocycles. The van der Waals surface area contributed by atoms with Crippen molar-refractivity contribution >= 4 is 0 Å². The minimum Gasteiger partial charge on any atom is -0.390 e. The van der Waals surface area contributed by atoms with E-state index in [4.69, 9.17) is 0 Å². The van der Waals surface area contributed by atoms with Gasteiger partial charge in [0.15, 0.2) is 0 Å². The fourth-order valence-corrected chi connectivity index (χ4v) is 2.51. The van der Waals surface area contributed by atoms with E-state index in [2.05, 4.69) is 37.9 Å². The first-order valence-corrected chi connectivity index (χ1v) is 6.61. The number of aliphatic hydroxyl groups is 1. The summed E-state index contributed by atoms with van der Waals surface area (Å²) in [6, 6.07) is 0.634. The Morgan fingerprint density at radius 2 is 2.00 bits per heavy atom. The third kappa shape index (κ3) is 4.81. The fourth-order valence-electron chi connectivity index (χ4n) is 2.51. The molecule has 1 fully saturated rings. The Morgan fingerprint density at radius 3 is 2.50 bits per heavy atom. The predicted octanol–water partition coefficient (Wildman–Crippen LogP) is 1.32. The lowest BCUT2D eigenvalue weighted by molar-refractivity contribution is 0.106. The summed E-state index contributed by atoms with van der Waals surface area (Å²) in [5.41, 5.74) is 0. The minimum absolute atomic E-state index is 0.230. The number of nitrogens with one attached hydrogen (secondary N) is 1. The highest BCUT2D eigenvalue weighted by Gasteiger charge is 2.27. The fraction of sp³-hybridized carbons (Fsp3) is 1.00. The number of rotatable bonds is 6. The van der Waals surface area contributed by atoms with Crippen molar-refractivity contribution in [3.8, 4) is 0 Å². The Kier molecular flexibility index (Phi) is 5.73. The van der Waals surface area contributed by atoms with Crippen LogP contribution >= 0.6 is 0 Å². The third-order valence-electron chi connectivity index (χ3n) is 3.29. The zero-order valence-corrected chi connectivity index (χ0v) is 11.2. The Hall–Kier alpha value is -0.120. The van der Waals surface area contributed by atoms with E-state index >= 15 is 0 Å². The number of nitrogens with zero attached hydrogens (tertiary/aromatic N) is 1. The Balaban J connectivity index is 2.16. The van der Waals surface area contributed by atoms with E-state index < -0.39 is 0 Å². The molecule has 0 saturated carbocycles. The molecule has 16 heavy (non-hydrogen) atoms. The van der Waals surface area contributed by atoms with Crippen LogP contribution in [-0.4, -0.2) is 48.3 Å². The smallest absolute Gasteiger partial charge is 0.0791 e. The molecule has 96 valence electrons. The summed E-state index contributed by atoms with van der Waals surface area (Å²) in [5.74, 6) is 1.43. The van der Waals surface area contributed by atoms with E-state index in [1.54, 1.807) is 0 Å². The lowest BCUT2D eigenvalue weighted by Crippen LogP contribution is -2.40. The molecule has 3 heteroatoms. The van der Waals surface area contributed by atoms with Crippen LogP contribution in [0.5, 0.6) is 0 Å². The molecule has 1 aliphatic heterocycles. The third-order valence-corrected chi connectivity index (χ3v) is 3.29. The van der Waals surface area contributed by atoms with Crippen LogP contribution in [0.1, 0.15) is 34.1 Å². The largest absolute Gasteiger partial charge is 0.390 e. The van der Waals surface area contributed by atoms with E-state index in [1.165, 1.54) is 6.42 Å². The van der Waals surface area contributed by atoms with Gasteiger partial charge in [0.25, 0.3) is 0 Å². The average Bonchev–Trinajstić information content (AvgIpc) is 2.44. The predicted molar refractivity (Wildman–Crippen MR) is 68.5 cm³/mol. The second-order valence-corrected chi connectivity index (χ2v) is 5.85. The zero-order chi connectivity index (χ0) is 12.1. The maximum absolute atomic E-state index is 9.92. The minimum atomic E-state index is -0.230. The van der Waals surface area contributed by atoms with Gasteiger partial charge in [0, 0.05) is 25.7 Å². The van der Waals surface area contributed by atoms with Gasteiger partial charge in [0.1, 0.15) is 0 Å². The van der Waals surface area contributed by atoms with Crippen molar-refractivity contribution in [2.75, 3.05) is 26.2 Å². The summed E-state index contributed by atoms with van der Waals surface area (Å²) in [7, 11) is 0. The van der Waals surface area contributed by atoms with Gasteiger partial charge < -0.3 is 10.4 Å². The first-order chi connectivity index (χ1) is 7.49. The van der Waals surface area contributed by atoms with Gasteiger partial charge in [-0.05, 0) is 31.7 Å². The van der Waals surface area contributed by atoms with Crippen molar-refractivity contribution < 1.29 is 5.11 Å². The molecular weight excluding hydrogens is 200 g/mol. The molecule has 3 nitrogen and oxygen atoms in total. The number of hydrogen-bond donors (Lipinski definition) is 2. The van der Waals surface area contributed by atoms with Gasteiger partial charge in [0.2, 0.25) is 0 Å². The Labute approximate surface area is 100 Å². The van der Waals surface area contributed by atoms with Gasteiger partial charge in [-0.25, -0.2) is 0 Å². The summed E-state index contributed by atoms with van der Waals surface area (Å²) in [6.07, 6.45) is 1.04. The van der Waals surface area contributed by atoms with Gasteiger partial charge in [-0.3, -0.25) is 4.90 Å². The molecule has 0 aromatic rings. The Morgan fingerprint density at radius 1 is 1.31 bits per heavy atom. The number of hydrogen-bond acceptors (Lipinski definition) is 3. The maximum atomic E-state index is 9.92. The second-order valence-electron chi connectivity index (χ2n) is 5.85. The molecule has 1 aliphatic rings. The number of aliphatic hydroxyl groups excluding tert-OH is 1. The average molecular weight is 228 g/mol.